The van der Waals surface area contributed by atoms with E-state index in [9.17, 15) is 9.59 Å². The van der Waals surface area contributed by atoms with Gasteiger partial charge in [-0.2, -0.15) is 0 Å². The zero-order chi connectivity index (χ0) is 21.0. The highest BCUT2D eigenvalue weighted by molar-refractivity contribution is 6.32. The topological polar surface area (TPSA) is 69.0 Å². The van der Waals surface area contributed by atoms with Crippen molar-refractivity contribution in [3.05, 3.63) is 98.9 Å². The fraction of sp³-hybridized carbons (Fsp3) is 0.182. The number of benzene rings is 1. The third-order valence-electron chi connectivity index (χ3n) is 4.57. The van der Waals surface area contributed by atoms with Crippen LogP contribution in [-0.4, -0.2) is 21.0 Å². The van der Waals surface area contributed by atoms with Crippen LogP contribution in [0.3, 0.4) is 0 Å². The second-order valence-corrected chi connectivity index (χ2v) is 6.90. The Kier molecular flexibility index (Phi) is 6.24. The van der Waals surface area contributed by atoms with Crippen molar-refractivity contribution in [2.45, 2.75) is 12.8 Å². The normalized spacial score (nSPS) is 11.2. The highest BCUT2D eigenvalue weighted by atomic mass is 35.5. The van der Waals surface area contributed by atoms with E-state index in [0.29, 0.717) is 52.5 Å². The molecule has 0 aliphatic rings. The fourth-order valence-electron chi connectivity index (χ4n) is 3.12. The lowest BCUT2D eigenvalue weighted by Crippen LogP contribution is -2.22. The van der Waals surface area contributed by atoms with Gasteiger partial charge in [-0.15, -0.1) is 0 Å². The summed E-state index contributed by atoms with van der Waals surface area (Å²) < 4.78 is 8.41. The number of nitrogens with one attached hydrogen (secondary N) is 1. The van der Waals surface area contributed by atoms with Gasteiger partial charge in [0, 0.05) is 18.8 Å². The maximum Gasteiger partial charge on any atom is 0.280 e. The first-order valence-corrected chi connectivity index (χ1v) is 9.51. The molecule has 1 N–H and O–H groups in total. The first-order chi connectivity index (χ1) is 13.9. The van der Waals surface area contributed by atoms with E-state index >= 15 is 0 Å². The van der Waals surface area contributed by atoms with Crippen molar-refractivity contribution >= 4 is 22.5 Å². The number of hydrogen-bond acceptors (Lipinski definition) is 3. The Morgan fingerprint density at radius 1 is 1.31 bits per heavy atom. The van der Waals surface area contributed by atoms with Crippen LogP contribution < -0.4 is 11.1 Å². The van der Waals surface area contributed by atoms with Crippen molar-refractivity contribution in [2.75, 3.05) is 6.61 Å². The Bertz CT molecular complexity index is 1210. The number of rotatable bonds is 8. The van der Waals surface area contributed by atoms with Crippen LogP contribution in [0.2, 0.25) is 5.02 Å². The summed E-state index contributed by atoms with van der Waals surface area (Å²) in [5.74, 6) is 0.528. The summed E-state index contributed by atoms with van der Waals surface area (Å²) in [4.78, 5) is 25.5. The molecule has 0 unspecified atom stereocenters. The number of para-hydroxylation sites is 1. The largest absolute Gasteiger partial charge is 0.494 e. The van der Waals surface area contributed by atoms with Gasteiger partial charge in [0.2, 0.25) is 0 Å². The number of allylic oxidation sites excluding steroid dienone is 3. The molecule has 3 rings (SSSR count). The molecule has 0 bridgehead atoms. The SMILES string of the molecule is C=C/C=C\C(=C)OCCCc1c2c(=O)n(-c3ccccc3Cl)[nH]c2cc(=O)n1C. The Morgan fingerprint density at radius 3 is 2.79 bits per heavy atom. The van der Waals surface area contributed by atoms with Crippen LogP contribution in [-0.2, 0) is 18.2 Å². The van der Waals surface area contributed by atoms with Crippen LogP contribution in [0.25, 0.3) is 16.6 Å². The summed E-state index contributed by atoms with van der Waals surface area (Å²) in [6, 6.07) is 8.46. The first-order valence-electron chi connectivity index (χ1n) is 9.13. The highest BCUT2D eigenvalue weighted by Crippen LogP contribution is 2.20. The summed E-state index contributed by atoms with van der Waals surface area (Å²) >= 11 is 6.25. The summed E-state index contributed by atoms with van der Waals surface area (Å²) in [7, 11) is 1.66. The van der Waals surface area contributed by atoms with Crippen LogP contribution in [0.1, 0.15) is 12.1 Å². The minimum atomic E-state index is -0.252. The van der Waals surface area contributed by atoms with Gasteiger partial charge in [0.05, 0.1) is 28.2 Å². The molecule has 0 saturated carbocycles. The molecule has 0 atom stereocenters. The number of aromatic nitrogens is 3. The molecule has 0 aliphatic carbocycles. The molecule has 0 spiro atoms. The van der Waals surface area contributed by atoms with Crippen LogP contribution in [0, 0.1) is 0 Å². The third kappa shape index (κ3) is 4.27. The van der Waals surface area contributed by atoms with Crippen molar-refractivity contribution in [1.82, 2.24) is 14.3 Å². The van der Waals surface area contributed by atoms with E-state index in [1.54, 1.807) is 49.5 Å². The number of hydrogen-bond donors (Lipinski definition) is 1. The molecule has 6 nitrogen and oxygen atoms in total. The van der Waals surface area contributed by atoms with E-state index in [1.165, 1.54) is 15.3 Å². The van der Waals surface area contributed by atoms with E-state index in [0.717, 1.165) is 0 Å². The molecule has 2 heterocycles. The van der Waals surface area contributed by atoms with Crippen molar-refractivity contribution in [2.24, 2.45) is 7.05 Å². The van der Waals surface area contributed by atoms with Crippen molar-refractivity contribution in [3.63, 3.8) is 0 Å². The second-order valence-electron chi connectivity index (χ2n) is 6.49. The average Bonchev–Trinajstić information content (AvgIpc) is 3.02. The summed E-state index contributed by atoms with van der Waals surface area (Å²) in [6.07, 6.45) is 6.21. The summed E-state index contributed by atoms with van der Waals surface area (Å²) in [5, 5.41) is 3.91. The van der Waals surface area contributed by atoms with Crippen LogP contribution >= 0.6 is 11.6 Å². The number of ether oxygens (including phenoxy) is 1. The number of fused-ring (bicyclic) bond motifs is 1. The lowest BCUT2D eigenvalue weighted by molar-refractivity contribution is 0.221. The summed E-state index contributed by atoms with van der Waals surface area (Å²) in [5.41, 5.74) is 1.21. The first kappa shape index (κ1) is 20.5. The van der Waals surface area contributed by atoms with Gasteiger partial charge in [0.1, 0.15) is 5.76 Å². The monoisotopic (exact) mass is 411 g/mol. The van der Waals surface area contributed by atoms with Gasteiger partial charge >= 0.3 is 0 Å². The Morgan fingerprint density at radius 2 is 2.07 bits per heavy atom. The number of H-pyrrole nitrogens is 1. The lowest BCUT2D eigenvalue weighted by atomic mass is 10.1. The fourth-order valence-corrected chi connectivity index (χ4v) is 3.34. The van der Waals surface area contributed by atoms with Crippen LogP contribution in [0.4, 0.5) is 0 Å². The van der Waals surface area contributed by atoms with Crippen molar-refractivity contribution < 1.29 is 4.74 Å². The minimum Gasteiger partial charge on any atom is -0.494 e. The molecular weight excluding hydrogens is 390 g/mol. The molecule has 150 valence electrons. The molecule has 7 heteroatoms. The molecule has 0 radical (unpaired) electrons. The van der Waals surface area contributed by atoms with Crippen molar-refractivity contribution in [1.29, 1.82) is 0 Å². The van der Waals surface area contributed by atoms with Gasteiger partial charge in [0.25, 0.3) is 11.1 Å². The predicted octanol–water partition coefficient (Wildman–Crippen LogP) is 3.88. The van der Waals surface area contributed by atoms with E-state index in [2.05, 4.69) is 18.3 Å². The number of nitrogens with zero attached hydrogens (tertiary/aromatic N) is 2. The molecule has 0 aliphatic heterocycles. The number of pyridine rings is 1. The van der Waals surface area contributed by atoms with Gasteiger partial charge < -0.3 is 9.30 Å². The zero-order valence-electron chi connectivity index (χ0n) is 16.2. The van der Waals surface area contributed by atoms with E-state index < -0.39 is 0 Å². The molecule has 1 aromatic carbocycles. The average molecular weight is 412 g/mol. The Hall–Kier alpha value is -3.25. The van der Waals surface area contributed by atoms with Gasteiger partial charge in [-0.05, 0) is 31.1 Å². The minimum absolute atomic E-state index is 0.195. The third-order valence-corrected chi connectivity index (χ3v) is 4.89. The van der Waals surface area contributed by atoms with E-state index in [-0.39, 0.29) is 11.1 Å². The molecule has 0 fully saturated rings. The number of aryl methyl sites for hydroxylation is 1. The zero-order valence-corrected chi connectivity index (χ0v) is 16.9. The molecule has 0 amide bonds. The standard InChI is InChI=1S/C22H22ClN3O3/c1-4-5-9-15(2)29-13-8-12-19-21-17(14-20(27)25(19)3)24-26(22(21)28)18-11-7-6-10-16(18)23/h4-7,9-11,14,24H,1-2,8,12-13H2,3H3/b9-5-. The van der Waals surface area contributed by atoms with Crippen molar-refractivity contribution in [3.8, 4) is 5.69 Å². The van der Waals surface area contributed by atoms with E-state index in [4.69, 9.17) is 16.3 Å². The summed E-state index contributed by atoms with van der Waals surface area (Å²) in [6.45, 7) is 7.80. The highest BCUT2D eigenvalue weighted by Gasteiger charge is 2.17. The molecule has 0 saturated heterocycles. The Labute approximate surface area is 173 Å². The molecule has 29 heavy (non-hydrogen) atoms. The Balaban J connectivity index is 1.94. The van der Waals surface area contributed by atoms with Gasteiger partial charge in [-0.25, -0.2) is 4.68 Å². The predicted molar refractivity (Wildman–Crippen MR) is 117 cm³/mol. The number of aromatic amines is 1. The molecule has 2 aromatic heterocycles. The maximum absolute atomic E-state index is 13.1. The molecule has 3 aromatic rings. The van der Waals surface area contributed by atoms with Gasteiger partial charge in [-0.3, -0.25) is 14.7 Å². The second kappa shape index (κ2) is 8.84. The number of halogens is 1. The quantitative estimate of drug-likeness (QED) is 0.347. The van der Waals surface area contributed by atoms with Crippen LogP contribution in [0.5, 0.6) is 0 Å². The maximum atomic E-state index is 13.1. The molecular formula is C22H22ClN3O3. The van der Waals surface area contributed by atoms with E-state index in [1.807, 2.05) is 0 Å². The van der Waals surface area contributed by atoms with Crippen LogP contribution in [0.15, 0.2) is 77.1 Å². The van der Waals surface area contributed by atoms with Gasteiger partial charge in [-0.1, -0.05) is 49.0 Å². The lowest BCUT2D eigenvalue weighted by Gasteiger charge is -2.10. The smallest absolute Gasteiger partial charge is 0.280 e. The van der Waals surface area contributed by atoms with Gasteiger partial charge in [0.15, 0.2) is 0 Å².